The lowest BCUT2D eigenvalue weighted by Crippen LogP contribution is -2.23. The number of amides is 1. The maximum atomic E-state index is 11.7. The molecule has 0 fully saturated rings. The molecule has 0 aliphatic rings. The lowest BCUT2D eigenvalue weighted by atomic mass is 10.2. The molecule has 0 aliphatic heterocycles. The highest BCUT2D eigenvalue weighted by molar-refractivity contribution is 5.94. The van der Waals surface area contributed by atoms with Crippen molar-refractivity contribution in [1.82, 2.24) is 10.3 Å². The minimum Gasteiger partial charge on any atom is -0.384 e. The molecule has 98 valence electrons. The minimum atomic E-state index is -0.125. The van der Waals surface area contributed by atoms with Crippen molar-refractivity contribution in [2.24, 2.45) is 0 Å². The van der Waals surface area contributed by atoms with Crippen molar-refractivity contribution in [1.29, 1.82) is 0 Å². The standard InChI is InChI=1S/C14H21N3O/c1-3-5-6-8-16-13-9-12(10-15-11-13)14(18)17-7-4-2/h4,9-11,16H,2-3,5-8H2,1H3,(H,17,18). The molecular weight excluding hydrogens is 226 g/mol. The molecule has 0 aliphatic carbocycles. The van der Waals surface area contributed by atoms with Crippen molar-refractivity contribution < 1.29 is 4.79 Å². The quantitative estimate of drug-likeness (QED) is 0.548. The van der Waals surface area contributed by atoms with Gasteiger partial charge in [0.05, 0.1) is 11.3 Å². The van der Waals surface area contributed by atoms with Crippen molar-refractivity contribution >= 4 is 11.6 Å². The van der Waals surface area contributed by atoms with E-state index in [1.807, 2.05) is 6.07 Å². The number of carbonyl (C=O) groups is 1. The summed E-state index contributed by atoms with van der Waals surface area (Å²) >= 11 is 0. The maximum absolute atomic E-state index is 11.7. The molecule has 0 saturated heterocycles. The van der Waals surface area contributed by atoms with Crippen LogP contribution in [0, 0.1) is 0 Å². The molecule has 0 atom stereocenters. The summed E-state index contributed by atoms with van der Waals surface area (Å²) in [7, 11) is 0. The van der Waals surface area contributed by atoms with Crippen LogP contribution >= 0.6 is 0 Å². The fourth-order valence-electron chi connectivity index (χ4n) is 1.54. The van der Waals surface area contributed by atoms with Gasteiger partial charge in [-0.3, -0.25) is 9.78 Å². The number of anilines is 1. The highest BCUT2D eigenvalue weighted by Crippen LogP contribution is 2.08. The lowest BCUT2D eigenvalue weighted by Gasteiger charge is -2.07. The van der Waals surface area contributed by atoms with E-state index in [2.05, 4.69) is 29.1 Å². The van der Waals surface area contributed by atoms with Crippen molar-refractivity contribution in [3.8, 4) is 0 Å². The number of hydrogen-bond acceptors (Lipinski definition) is 3. The topological polar surface area (TPSA) is 54.0 Å². The van der Waals surface area contributed by atoms with Gasteiger partial charge in [0.1, 0.15) is 0 Å². The van der Waals surface area contributed by atoms with Crippen molar-refractivity contribution in [3.63, 3.8) is 0 Å². The molecule has 0 bridgehead atoms. The van der Waals surface area contributed by atoms with E-state index in [1.54, 1.807) is 18.5 Å². The molecule has 4 nitrogen and oxygen atoms in total. The summed E-state index contributed by atoms with van der Waals surface area (Å²) in [5, 5.41) is 6.00. The van der Waals surface area contributed by atoms with E-state index in [-0.39, 0.29) is 5.91 Å². The van der Waals surface area contributed by atoms with E-state index in [4.69, 9.17) is 0 Å². The first-order chi connectivity index (χ1) is 8.77. The average molecular weight is 247 g/mol. The predicted octanol–water partition coefficient (Wildman–Crippen LogP) is 2.60. The number of rotatable bonds is 8. The fraction of sp³-hybridized carbons (Fsp3) is 0.429. The van der Waals surface area contributed by atoms with E-state index >= 15 is 0 Å². The molecule has 0 radical (unpaired) electrons. The molecule has 4 heteroatoms. The summed E-state index contributed by atoms with van der Waals surface area (Å²) in [6, 6.07) is 1.82. The third kappa shape index (κ3) is 4.99. The van der Waals surface area contributed by atoms with Gasteiger partial charge in [0, 0.05) is 25.5 Å². The molecule has 1 aromatic rings. The Kier molecular flexibility index (Phi) is 6.54. The Morgan fingerprint density at radius 3 is 3.00 bits per heavy atom. The Morgan fingerprint density at radius 2 is 2.28 bits per heavy atom. The van der Waals surface area contributed by atoms with Gasteiger partial charge in [-0.2, -0.15) is 0 Å². The Hall–Kier alpha value is -1.84. The highest BCUT2D eigenvalue weighted by atomic mass is 16.1. The second-order valence-electron chi connectivity index (χ2n) is 4.09. The normalized spacial score (nSPS) is 9.83. The number of pyridine rings is 1. The van der Waals surface area contributed by atoms with Crippen LogP contribution in [0.2, 0.25) is 0 Å². The lowest BCUT2D eigenvalue weighted by molar-refractivity contribution is 0.0957. The van der Waals surface area contributed by atoms with E-state index in [9.17, 15) is 4.79 Å². The van der Waals surface area contributed by atoms with Crippen molar-refractivity contribution in [3.05, 3.63) is 36.7 Å². The summed E-state index contributed by atoms with van der Waals surface area (Å²) in [5.41, 5.74) is 1.45. The first-order valence-corrected chi connectivity index (χ1v) is 6.36. The molecule has 0 saturated carbocycles. The van der Waals surface area contributed by atoms with Crippen LogP contribution in [0.4, 0.5) is 5.69 Å². The number of nitrogens with one attached hydrogen (secondary N) is 2. The Balaban J connectivity index is 2.50. The van der Waals surface area contributed by atoms with Crippen LogP contribution in [0.25, 0.3) is 0 Å². The van der Waals surface area contributed by atoms with Gasteiger partial charge in [-0.05, 0) is 12.5 Å². The summed E-state index contributed by atoms with van der Waals surface area (Å²) in [4.78, 5) is 15.8. The van der Waals surface area contributed by atoms with Crippen LogP contribution in [-0.2, 0) is 0 Å². The summed E-state index contributed by atoms with van der Waals surface area (Å²) < 4.78 is 0. The molecule has 18 heavy (non-hydrogen) atoms. The SMILES string of the molecule is C=CCNC(=O)c1cncc(NCCCCC)c1. The molecule has 1 rings (SSSR count). The maximum Gasteiger partial charge on any atom is 0.253 e. The van der Waals surface area contributed by atoms with Gasteiger partial charge in [-0.25, -0.2) is 0 Å². The highest BCUT2D eigenvalue weighted by Gasteiger charge is 2.05. The van der Waals surface area contributed by atoms with Crippen LogP contribution in [0.5, 0.6) is 0 Å². The van der Waals surface area contributed by atoms with Crippen molar-refractivity contribution in [2.45, 2.75) is 26.2 Å². The van der Waals surface area contributed by atoms with Crippen LogP contribution in [0.15, 0.2) is 31.1 Å². The van der Waals surface area contributed by atoms with Crippen LogP contribution in [-0.4, -0.2) is 24.0 Å². The second-order valence-corrected chi connectivity index (χ2v) is 4.09. The zero-order chi connectivity index (χ0) is 13.2. The molecular formula is C14H21N3O. The molecule has 1 heterocycles. The molecule has 1 aromatic heterocycles. The molecule has 0 spiro atoms. The number of unbranched alkanes of at least 4 members (excludes halogenated alkanes) is 2. The first-order valence-electron chi connectivity index (χ1n) is 6.36. The number of carbonyl (C=O) groups excluding carboxylic acids is 1. The van der Waals surface area contributed by atoms with E-state index in [0.29, 0.717) is 12.1 Å². The van der Waals surface area contributed by atoms with E-state index in [0.717, 1.165) is 18.7 Å². The third-order valence-electron chi connectivity index (χ3n) is 2.52. The number of hydrogen-bond donors (Lipinski definition) is 2. The van der Waals surface area contributed by atoms with Gasteiger partial charge in [0.25, 0.3) is 5.91 Å². The summed E-state index contributed by atoms with van der Waals surface area (Å²) in [6.07, 6.45) is 8.48. The van der Waals surface area contributed by atoms with Crippen LogP contribution in [0.1, 0.15) is 36.5 Å². The Bertz CT molecular complexity index is 390. The zero-order valence-corrected chi connectivity index (χ0v) is 10.9. The predicted molar refractivity (Wildman–Crippen MR) is 74.8 cm³/mol. The van der Waals surface area contributed by atoms with Gasteiger partial charge >= 0.3 is 0 Å². The molecule has 0 aromatic carbocycles. The Morgan fingerprint density at radius 1 is 1.44 bits per heavy atom. The number of nitrogens with zero attached hydrogens (tertiary/aromatic N) is 1. The number of aromatic nitrogens is 1. The smallest absolute Gasteiger partial charge is 0.253 e. The van der Waals surface area contributed by atoms with Crippen LogP contribution < -0.4 is 10.6 Å². The van der Waals surface area contributed by atoms with Crippen LogP contribution in [0.3, 0.4) is 0 Å². The molecule has 0 unspecified atom stereocenters. The summed E-state index contributed by atoms with van der Waals surface area (Å²) in [6.45, 7) is 7.11. The summed E-state index contributed by atoms with van der Waals surface area (Å²) in [5.74, 6) is -0.125. The fourth-order valence-corrected chi connectivity index (χ4v) is 1.54. The van der Waals surface area contributed by atoms with E-state index in [1.165, 1.54) is 12.8 Å². The average Bonchev–Trinajstić information content (AvgIpc) is 2.41. The second kappa shape index (κ2) is 8.28. The van der Waals surface area contributed by atoms with Gasteiger partial charge in [0.2, 0.25) is 0 Å². The monoisotopic (exact) mass is 247 g/mol. The van der Waals surface area contributed by atoms with E-state index < -0.39 is 0 Å². The van der Waals surface area contributed by atoms with Gasteiger partial charge in [-0.15, -0.1) is 6.58 Å². The zero-order valence-electron chi connectivity index (χ0n) is 10.9. The largest absolute Gasteiger partial charge is 0.384 e. The van der Waals surface area contributed by atoms with Crippen molar-refractivity contribution in [2.75, 3.05) is 18.4 Å². The molecule has 2 N–H and O–H groups in total. The van der Waals surface area contributed by atoms with Gasteiger partial charge in [-0.1, -0.05) is 25.8 Å². The first kappa shape index (κ1) is 14.2. The van der Waals surface area contributed by atoms with Gasteiger partial charge < -0.3 is 10.6 Å². The minimum absolute atomic E-state index is 0.125. The third-order valence-corrected chi connectivity index (χ3v) is 2.52. The molecule has 1 amide bonds. The Labute approximate surface area is 109 Å². The van der Waals surface area contributed by atoms with Gasteiger partial charge in [0.15, 0.2) is 0 Å².